The Labute approximate surface area is 147 Å². The molecule has 0 radical (unpaired) electrons. The van der Waals surface area contributed by atoms with Gasteiger partial charge in [-0.1, -0.05) is 0 Å². The molecule has 2 aromatic rings. The van der Waals surface area contributed by atoms with E-state index in [1.165, 1.54) is 0 Å². The largest absolute Gasteiger partial charge is 0.485 e. The van der Waals surface area contributed by atoms with Crippen molar-refractivity contribution in [2.45, 2.75) is 12.5 Å². The quantitative estimate of drug-likeness (QED) is 0.847. The highest BCUT2D eigenvalue weighted by Crippen LogP contribution is 2.27. The molecule has 0 bridgehead atoms. The number of nitriles is 1. The molecule has 3 heterocycles. The summed E-state index contributed by atoms with van der Waals surface area (Å²) in [6.45, 7) is 1.15. The van der Waals surface area contributed by atoms with Crippen molar-refractivity contribution in [3.05, 3.63) is 41.9 Å². The standard InChI is InChI=1S/C18H21N5O2/c1-21(2)17-16(5-4-7-20-17)25-14-6-8-23(12-14)18(24)15-9-13(10-19)11-22(15)3/h4-5,7,9,11,14H,6,8,12H2,1-3H3/t14-/m0/s1. The van der Waals surface area contributed by atoms with Crippen LogP contribution >= 0.6 is 0 Å². The number of likely N-dealkylation sites (tertiary alicyclic amines) is 1. The van der Waals surface area contributed by atoms with Gasteiger partial charge in [0.05, 0.1) is 12.1 Å². The Hall–Kier alpha value is -3.01. The minimum absolute atomic E-state index is 0.0671. The van der Waals surface area contributed by atoms with Gasteiger partial charge in [0, 0.05) is 46.5 Å². The van der Waals surface area contributed by atoms with Crippen LogP contribution in [0.25, 0.3) is 0 Å². The summed E-state index contributed by atoms with van der Waals surface area (Å²) in [5, 5.41) is 8.98. The summed E-state index contributed by atoms with van der Waals surface area (Å²) in [5.41, 5.74) is 1.01. The van der Waals surface area contributed by atoms with Gasteiger partial charge in [0.15, 0.2) is 11.6 Å². The van der Waals surface area contributed by atoms with Gasteiger partial charge < -0.3 is 19.1 Å². The third-order valence-corrected chi connectivity index (χ3v) is 4.25. The molecular weight excluding hydrogens is 318 g/mol. The molecule has 0 aliphatic carbocycles. The number of ether oxygens (including phenoxy) is 1. The Kier molecular flexibility index (Phi) is 4.61. The molecule has 0 saturated carbocycles. The molecule has 7 heteroatoms. The van der Waals surface area contributed by atoms with E-state index < -0.39 is 0 Å². The van der Waals surface area contributed by atoms with Gasteiger partial charge in [-0.3, -0.25) is 4.79 Å². The number of rotatable bonds is 4. The van der Waals surface area contributed by atoms with Crippen molar-refractivity contribution in [3.8, 4) is 11.8 Å². The van der Waals surface area contributed by atoms with Gasteiger partial charge in [-0.15, -0.1) is 0 Å². The molecule has 130 valence electrons. The third kappa shape index (κ3) is 3.43. The van der Waals surface area contributed by atoms with E-state index in [1.54, 1.807) is 35.0 Å². The molecule has 1 fully saturated rings. The molecule has 7 nitrogen and oxygen atoms in total. The molecule has 1 atom stereocenters. The fraction of sp³-hybridized carbons (Fsp3) is 0.389. The Balaban J connectivity index is 1.69. The molecule has 1 aliphatic rings. The van der Waals surface area contributed by atoms with Crippen molar-refractivity contribution in [2.24, 2.45) is 7.05 Å². The third-order valence-electron chi connectivity index (χ3n) is 4.25. The highest BCUT2D eigenvalue weighted by molar-refractivity contribution is 5.93. The topological polar surface area (TPSA) is 74.4 Å². The second kappa shape index (κ2) is 6.85. The van der Waals surface area contributed by atoms with E-state index in [0.717, 1.165) is 18.0 Å². The molecule has 1 saturated heterocycles. The van der Waals surface area contributed by atoms with Crippen LogP contribution < -0.4 is 9.64 Å². The molecule has 0 spiro atoms. The summed E-state index contributed by atoms with van der Waals surface area (Å²) in [6, 6.07) is 7.42. The van der Waals surface area contributed by atoms with Crippen molar-refractivity contribution < 1.29 is 9.53 Å². The van der Waals surface area contributed by atoms with Crippen molar-refractivity contribution in [3.63, 3.8) is 0 Å². The predicted molar refractivity (Wildman–Crippen MR) is 93.6 cm³/mol. The van der Waals surface area contributed by atoms with Crippen LogP contribution in [0.3, 0.4) is 0 Å². The summed E-state index contributed by atoms with van der Waals surface area (Å²) in [4.78, 5) is 20.7. The number of aromatic nitrogens is 2. The average molecular weight is 339 g/mol. The Morgan fingerprint density at radius 2 is 2.28 bits per heavy atom. The van der Waals surface area contributed by atoms with Gasteiger partial charge in [-0.25, -0.2) is 4.98 Å². The van der Waals surface area contributed by atoms with E-state index in [1.807, 2.05) is 31.1 Å². The first-order valence-electron chi connectivity index (χ1n) is 8.14. The lowest BCUT2D eigenvalue weighted by molar-refractivity contribution is 0.0763. The fourth-order valence-electron chi connectivity index (χ4n) is 3.00. The minimum atomic E-state index is -0.0749. The number of carbonyl (C=O) groups is 1. The first kappa shape index (κ1) is 16.8. The van der Waals surface area contributed by atoms with E-state index in [2.05, 4.69) is 11.1 Å². The Morgan fingerprint density at radius 1 is 1.48 bits per heavy atom. The van der Waals surface area contributed by atoms with E-state index in [-0.39, 0.29) is 12.0 Å². The molecule has 0 N–H and O–H groups in total. The number of hydrogen-bond acceptors (Lipinski definition) is 5. The lowest BCUT2D eigenvalue weighted by Gasteiger charge is -2.20. The SMILES string of the molecule is CN(C)c1ncccc1O[C@H]1CCN(C(=O)c2cc(C#N)cn2C)C1. The monoisotopic (exact) mass is 339 g/mol. The smallest absolute Gasteiger partial charge is 0.270 e. The van der Waals surface area contributed by atoms with Crippen molar-refractivity contribution >= 4 is 11.7 Å². The number of pyridine rings is 1. The van der Waals surface area contributed by atoms with Gasteiger partial charge in [0.2, 0.25) is 0 Å². The summed E-state index contributed by atoms with van der Waals surface area (Å²) in [5.74, 6) is 1.42. The second-order valence-electron chi connectivity index (χ2n) is 6.34. The van der Waals surface area contributed by atoms with Crippen LogP contribution in [0.15, 0.2) is 30.6 Å². The number of nitrogens with zero attached hydrogens (tertiary/aromatic N) is 5. The highest BCUT2D eigenvalue weighted by atomic mass is 16.5. The van der Waals surface area contributed by atoms with E-state index in [0.29, 0.717) is 24.3 Å². The fourth-order valence-corrected chi connectivity index (χ4v) is 3.00. The number of amides is 1. The normalized spacial score (nSPS) is 16.6. The number of hydrogen-bond donors (Lipinski definition) is 0. The Morgan fingerprint density at radius 3 is 2.96 bits per heavy atom. The molecule has 0 unspecified atom stereocenters. The maximum Gasteiger partial charge on any atom is 0.270 e. The minimum Gasteiger partial charge on any atom is -0.485 e. The zero-order valence-electron chi connectivity index (χ0n) is 14.6. The molecule has 25 heavy (non-hydrogen) atoms. The van der Waals surface area contributed by atoms with Gasteiger partial charge in [-0.05, 0) is 18.2 Å². The summed E-state index contributed by atoms with van der Waals surface area (Å²) < 4.78 is 7.78. The summed E-state index contributed by atoms with van der Waals surface area (Å²) in [6.07, 6.45) is 4.09. The molecular formula is C18H21N5O2. The van der Waals surface area contributed by atoms with E-state index in [4.69, 9.17) is 10.00 Å². The van der Waals surface area contributed by atoms with Crippen LogP contribution in [0.4, 0.5) is 5.82 Å². The predicted octanol–water partition coefficient (Wildman–Crippen LogP) is 1.65. The van der Waals surface area contributed by atoms with Gasteiger partial charge in [-0.2, -0.15) is 5.26 Å². The summed E-state index contributed by atoms with van der Waals surface area (Å²) >= 11 is 0. The Bertz CT molecular complexity index is 821. The van der Waals surface area contributed by atoms with Crippen LogP contribution in [-0.2, 0) is 7.05 Å². The van der Waals surface area contributed by atoms with Gasteiger partial charge >= 0.3 is 0 Å². The van der Waals surface area contributed by atoms with E-state index >= 15 is 0 Å². The van der Waals surface area contributed by atoms with Gasteiger partial charge in [0.25, 0.3) is 5.91 Å². The summed E-state index contributed by atoms with van der Waals surface area (Å²) in [7, 11) is 5.61. The number of anilines is 1. The first-order valence-corrected chi connectivity index (χ1v) is 8.14. The van der Waals surface area contributed by atoms with Crippen LogP contribution in [0.2, 0.25) is 0 Å². The van der Waals surface area contributed by atoms with Crippen molar-refractivity contribution in [1.82, 2.24) is 14.5 Å². The van der Waals surface area contributed by atoms with Crippen LogP contribution in [0, 0.1) is 11.3 Å². The maximum absolute atomic E-state index is 12.7. The molecule has 1 amide bonds. The zero-order valence-corrected chi connectivity index (χ0v) is 14.6. The van der Waals surface area contributed by atoms with Crippen LogP contribution in [-0.4, -0.2) is 53.6 Å². The van der Waals surface area contributed by atoms with Crippen molar-refractivity contribution in [2.75, 3.05) is 32.1 Å². The second-order valence-corrected chi connectivity index (χ2v) is 6.34. The zero-order chi connectivity index (χ0) is 18.0. The molecule has 1 aliphatic heterocycles. The van der Waals surface area contributed by atoms with Crippen LogP contribution in [0.5, 0.6) is 5.75 Å². The highest BCUT2D eigenvalue weighted by Gasteiger charge is 2.30. The first-order chi connectivity index (χ1) is 12.0. The number of aryl methyl sites for hydroxylation is 1. The van der Waals surface area contributed by atoms with E-state index in [9.17, 15) is 4.79 Å². The van der Waals surface area contributed by atoms with Gasteiger partial charge in [0.1, 0.15) is 17.9 Å². The van der Waals surface area contributed by atoms with Crippen LogP contribution in [0.1, 0.15) is 22.5 Å². The van der Waals surface area contributed by atoms with Crippen molar-refractivity contribution in [1.29, 1.82) is 5.26 Å². The lowest BCUT2D eigenvalue weighted by Crippen LogP contribution is -2.32. The molecule has 3 rings (SSSR count). The number of carbonyl (C=O) groups excluding carboxylic acids is 1. The average Bonchev–Trinajstić information content (AvgIpc) is 3.21. The lowest BCUT2D eigenvalue weighted by atomic mass is 10.3. The molecule has 2 aromatic heterocycles. The maximum atomic E-state index is 12.7. The molecule has 0 aromatic carbocycles.